The second-order valence-corrected chi connectivity index (χ2v) is 11.2. The molecule has 1 aromatic heterocycles. The summed E-state index contributed by atoms with van der Waals surface area (Å²) in [6.45, 7) is 7.48. The number of carbonyl (C=O) groups is 1. The third kappa shape index (κ3) is 5.19. The number of benzene rings is 2. The maximum Gasteiger partial charge on any atom is 0.338 e. The lowest BCUT2D eigenvalue weighted by molar-refractivity contribution is -0.139. The molecule has 4 rings (SSSR count). The van der Waals surface area contributed by atoms with Crippen molar-refractivity contribution >= 4 is 55.2 Å². The first kappa shape index (κ1) is 28.1. The van der Waals surface area contributed by atoms with Crippen LogP contribution in [0.15, 0.2) is 60.3 Å². The third-order valence-corrected chi connectivity index (χ3v) is 8.92. The van der Waals surface area contributed by atoms with E-state index >= 15 is 0 Å². The van der Waals surface area contributed by atoms with Crippen molar-refractivity contribution in [1.29, 1.82) is 0 Å². The minimum atomic E-state index is -0.799. The molecule has 0 spiro atoms. The Hall–Kier alpha value is -2.89. The average molecular weight is 666 g/mol. The molecule has 200 valence electrons. The number of ether oxygens (including phenoxy) is 3. The Labute approximate surface area is 240 Å². The van der Waals surface area contributed by atoms with Gasteiger partial charge in [-0.05, 0) is 83.3 Å². The predicted octanol–water partition coefficient (Wildman–Crippen LogP) is 4.82. The van der Waals surface area contributed by atoms with Gasteiger partial charge in [0.25, 0.3) is 5.56 Å². The fraction of sp³-hybridized carbons (Fsp3) is 0.296. The topological polar surface area (TPSA) is 99.4 Å². The molecule has 1 atom stereocenters. The number of fused-ring (bicyclic) bond motifs is 1. The molecule has 3 aromatic rings. The van der Waals surface area contributed by atoms with Crippen molar-refractivity contribution < 1.29 is 24.1 Å². The number of phenolic OH excluding ortho intramolecular Hbond substituents is 1. The monoisotopic (exact) mass is 664 g/mol. The van der Waals surface area contributed by atoms with E-state index in [1.807, 2.05) is 38.1 Å². The Kier molecular flexibility index (Phi) is 8.49. The summed E-state index contributed by atoms with van der Waals surface area (Å²) in [6.07, 6.45) is 1.57. The number of allylic oxidation sites excluding steroid dienone is 1. The number of thiazole rings is 1. The number of nitrogens with zero attached hydrogens (tertiary/aromatic N) is 2. The Morgan fingerprint density at radius 2 is 1.95 bits per heavy atom. The van der Waals surface area contributed by atoms with Crippen LogP contribution in [0, 0.1) is 0 Å². The van der Waals surface area contributed by atoms with Gasteiger partial charge in [0.2, 0.25) is 0 Å². The number of phenols is 1. The SMILES string of the molecule is CCOC(=O)C1=C(C)N=c2s/c(=C/c3cc(OC)c(O)c(Br)c3Br)c(=O)n2[C@H]1c1ccccc1OC(C)C. The predicted molar refractivity (Wildman–Crippen MR) is 153 cm³/mol. The highest BCUT2D eigenvalue weighted by Gasteiger charge is 2.35. The van der Waals surface area contributed by atoms with Crippen LogP contribution in [0.2, 0.25) is 0 Å². The normalized spacial score (nSPS) is 15.4. The summed E-state index contributed by atoms with van der Waals surface area (Å²) in [5, 5.41) is 10.3. The fourth-order valence-electron chi connectivity index (χ4n) is 4.17. The van der Waals surface area contributed by atoms with E-state index in [0.717, 1.165) is 0 Å². The zero-order chi connectivity index (χ0) is 27.7. The highest BCUT2D eigenvalue weighted by Crippen LogP contribution is 2.42. The van der Waals surface area contributed by atoms with Gasteiger partial charge in [-0.1, -0.05) is 29.5 Å². The summed E-state index contributed by atoms with van der Waals surface area (Å²) in [7, 11) is 1.45. The molecule has 0 radical (unpaired) electrons. The third-order valence-electron chi connectivity index (χ3n) is 5.77. The summed E-state index contributed by atoms with van der Waals surface area (Å²) < 4.78 is 19.6. The van der Waals surface area contributed by atoms with Gasteiger partial charge < -0.3 is 19.3 Å². The number of para-hydroxylation sites is 1. The molecule has 11 heteroatoms. The maximum atomic E-state index is 13.9. The molecule has 38 heavy (non-hydrogen) atoms. The Morgan fingerprint density at radius 1 is 1.24 bits per heavy atom. The molecule has 1 aliphatic heterocycles. The van der Waals surface area contributed by atoms with Gasteiger partial charge in [0.05, 0.1) is 40.1 Å². The fourth-order valence-corrected chi connectivity index (χ4v) is 6.05. The molecule has 1 aliphatic rings. The summed E-state index contributed by atoms with van der Waals surface area (Å²) in [5.41, 5.74) is 1.68. The summed E-state index contributed by atoms with van der Waals surface area (Å²) in [4.78, 5) is 32.2. The van der Waals surface area contributed by atoms with Crippen LogP contribution in [0.5, 0.6) is 17.2 Å². The van der Waals surface area contributed by atoms with E-state index in [-0.39, 0.29) is 35.3 Å². The molecule has 1 N–H and O–H groups in total. The van der Waals surface area contributed by atoms with E-state index in [2.05, 4.69) is 36.9 Å². The highest BCUT2D eigenvalue weighted by molar-refractivity contribution is 9.13. The standard InChI is InChI=1S/C27H26Br2N2O6S/c1-6-36-26(34)20-14(4)30-27-31(23(20)16-9-7-8-10-17(16)37-13(2)3)25(33)19(38-27)12-15-11-18(35-5)24(32)22(29)21(15)28/h7-13,23,32H,6H2,1-5H3/b19-12+/t23-/m0/s1. The van der Waals surface area contributed by atoms with Crippen molar-refractivity contribution in [2.75, 3.05) is 13.7 Å². The molecule has 0 saturated carbocycles. The molecule has 8 nitrogen and oxygen atoms in total. The molecule has 2 aromatic carbocycles. The van der Waals surface area contributed by atoms with Crippen molar-refractivity contribution in [2.24, 2.45) is 4.99 Å². The molecule has 0 amide bonds. The smallest absolute Gasteiger partial charge is 0.338 e. The summed E-state index contributed by atoms with van der Waals surface area (Å²) in [5.74, 6) is 0.211. The number of aromatic hydroxyl groups is 1. The van der Waals surface area contributed by atoms with Gasteiger partial charge in [-0.2, -0.15) is 0 Å². The van der Waals surface area contributed by atoms with Crippen molar-refractivity contribution in [3.05, 3.63) is 81.4 Å². The van der Waals surface area contributed by atoms with E-state index < -0.39 is 12.0 Å². The number of hydrogen-bond donors (Lipinski definition) is 1. The number of rotatable bonds is 7. The minimum Gasteiger partial charge on any atom is -0.503 e. The number of esters is 1. The number of hydrogen-bond acceptors (Lipinski definition) is 8. The molecule has 0 unspecified atom stereocenters. The zero-order valence-electron chi connectivity index (χ0n) is 21.4. The van der Waals surface area contributed by atoms with Crippen molar-refractivity contribution in [3.8, 4) is 17.2 Å². The van der Waals surface area contributed by atoms with Gasteiger partial charge in [0.1, 0.15) is 11.8 Å². The Balaban J connectivity index is 2.01. The second-order valence-electron chi connectivity index (χ2n) is 8.65. The van der Waals surface area contributed by atoms with E-state index in [1.165, 1.54) is 23.0 Å². The van der Waals surface area contributed by atoms with Crippen LogP contribution in [-0.4, -0.2) is 35.5 Å². The zero-order valence-corrected chi connectivity index (χ0v) is 25.4. The van der Waals surface area contributed by atoms with Gasteiger partial charge in [-0.15, -0.1) is 0 Å². The van der Waals surface area contributed by atoms with E-state index in [4.69, 9.17) is 14.2 Å². The lowest BCUT2D eigenvalue weighted by Gasteiger charge is -2.26. The van der Waals surface area contributed by atoms with Gasteiger partial charge in [0, 0.05) is 10.0 Å². The Morgan fingerprint density at radius 3 is 2.61 bits per heavy atom. The first-order valence-corrected chi connectivity index (χ1v) is 14.2. The van der Waals surface area contributed by atoms with Gasteiger partial charge >= 0.3 is 5.97 Å². The minimum absolute atomic E-state index is 0.0607. The molecule has 2 heterocycles. The van der Waals surface area contributed by atoms with Crippen LogP contribution >= 0.6 is 43.2 Å². The highest BCUT2D eigenvalue weighted by atomic mass is 79.9. The first-order valence-electron chi connectivity index (χ1n) is 11.8. The van der Waals surface area contributed by atoms with E-state index in [1.54, 1.807) is 26.0 Å². The van der Waals surface area contributed by atoms with Crippen LogP contribution in [0.1, 0.15) is 44.9 Å². The van der Waals surface area contributed by atoms with E-state index in [9.17, 15) is 14.7 Å². The van der Waals surface area contributed by atoms with Gasteiger partial charge in [-0.25, -0.2) is 9.79 Å². The number of methoxy groups -OCH3 is 1. The lowest BCUT2D eigenvalue weighted by atomic mass is 9.95. The van der Waals surface area contributed by atoms with Crippen LogP contribution < -0.4 is 24.4 Å². The number of carbonyl (C=O) groups excluding carboxylic acids is 1. The summed E-state index contributed by atoms with van der Waals surface area (Å²) >= 11 is 8.03. The molecular formula is C27H26Br2N2O6S. The quantitative estimate of drug-likeness (QED) is 0.363. The van der Waals surface area contributed by atoms with Crippen LogP contribution in [0.3, 0.4) is 0 Å². The second kappa shape index (κ2) is 11.5. The average Bonchev–Trinajstić information content (AvgIpc) is 3.18. The number of aromatic nitrogens is 1. The van der Waals surface area contributed by atoms with Crippen molar-refractivity contribution in [1.82, 2.24) is 4.57 Å². The molecule has 0 saturated heterocycles. The molecule has 0 fully saturated rings. The van der Waals surface area contributed by atoms with Crippen LogP contribution in [0.25, 0.3) is 6.08 Å². The first-order chi connectivity index (χ1) is 18.1. The summed E-state index contributed by atoms with van der Waals surface area (Å²) in [6, 6.07) is 8.18. The van der Waals surface area contributed by atoms with Gasteiger partial charge in [0.15, 0.2) is 16.3 Å². The lowest BCUT2D eigenvalue weighted by Crippen LogP contribution is -2.40. The molecular weight excluding hydrogens is 640 g/mol. The van der Waals surface area contributed by atoms with E-state index in [0.29, 0.717) is 40.9 Å². The van der Waals surface area contributed by atoms with Crippen LogP contribution in [-0.2, 0) is 9.53 Å². The largest absolute Gasteiger partial charge is 0.503 e. The van der Waals surface area contributed by atoms with Crippen LogP contribution in [0.4, 0.5) is 0 Å². The molecule has 0 bridgehead atoms. The molecule has 0 aliphatic carbocycles. The number of halogens is 2. The van der Waals surface area contributed by atoms with Crippen molar-refractivity contribution in [3.63, 3.8) is 0 Å². The van der Waals surface area contributed by atoms with Crippen molar-refractivity contribution in [2.45, 2.75) is 39.8 Å². The Bertz CT molecular complexity index is 1620. The maximum absolute atomic E-state index is 13.9. The van der Waals surface area contributed by atoms with Gasteiger partial charge in [-0.3, -0.25) is 9.36 Å².